The first-order valence-corrected chi connectivity index (χ1v) is 3.56. The fourth-order valence-corrected chi connectivity index (χ4v) is 0.709. The molecule has 0 radical (unpaired) electrons. The summed E-state index contributed by atoms with van der Waals surface area (Å²) in [6.07, 6.45) is 1.69. The van der Waals surface area contributed by atoms with Gasteiger partial charge in [-0.1, -0.05) is 6.92 Å². The van der Waals surface area contributed by atoms with Crippen LogP contribution in [0.4, 0.5) is 0 Å². The zero-order valence-electron chi connectivity index (χ0n) is 6.55. The first-order valence-electron chi connectivity index (χ1n) is 3.56. The van der Waals surface area contributed by atoms with Gasteiger partial charge in [0.05, 0.1) is 5.92 Å². The summed E-state index contributed by atoms with van der Waals surface area (Å²) in [5.41, 5.74) is 0. The number of carboxylic acids is 1. The molecule has 0 aromatic carbocycles. The van der Waals surface area contributed by atoms with Gasteiger partial charge >= 0.3 is 5.97 Å². The van der Waals surface area contributed by atoms with Crippen LogP contribution in [0, 0.1) is 5.92 Å². The van der Waals surface area contributed by atoms with E-state index < -0.39 is 5.97 Å². The van der Waals surface area contributed by atoms with E-state index in [9.17, 15) is 4.79 Å². The van der Waals surface area contributed by atoms with Crippen LogP contribution in [0.15, 0.2) is 0 Å². The lowest BCUT2D eigenvalue weighted by Crippen LogP contribution is -2.13. The molecule has 3 heteroatoms. The van der Waals surface area contributed by atoms with Gasteiger partial charge in [-0.25, -0.2) is 0 Å². The summed E-state index contributed by atoms with van der Waals surface area (Å²) in [4.78, 5) is 10.3. The molecule has 0 aromatic rings. The van der Waals surface area contributed by atoms with Gasteiger partial charge in [0, 0.05) is 0 Å². The largest absolute Gasteiger partial charge is 0.481 e. The third-order valence-corrected chi connectivity index (χ3v) is 1.49. The summed E-state index contributed by atoms with van der Waals surface area (Å²) in [6, 6.07) is 0. The van der Waals surface area contributed by atoms with Gasteiger partial charge in [-0.15, -0.1) is 0 Å². The van der Waals surface area contributed by atoms with Gasteiger partial charge in [0.15, 0.2) is 0 Å². The molecule has 1 atom stereocenters. The lowest BCUT2D eigenvalue weighted by atomic mass is 10.1. The lowest BCUT2D eigenvalue weighted by Gasteiger charge is -2.03. The molecule has 0 amide bonds. The lowest BCUT2D eigenvalue weighted by molar-refractivity contribution is -0.141. The van der Waals surface area contributed by atoms with Crippen molar-refractivity contribution in [2.24, 2.45) is 5.92 Å². The zero-order valence-corrected chi connectivity index (χ0v) is 6.55. The van der Waals surface area contributed by atoms with E-state index in [4.69, 9.17) is 5.11 Å². The number of carboxylic acid groups (broad SMARTS) is 1. The Hall–Kier alpha value is -0.570. The van der Waals surface area contributed by atoms with E-state index in [2.05, 4.69) is 5.32 Å². The minimum absolute atomic E-state index is 0.201. The van der Waals surface area contributed by atoms with Crippen molar-refractivity contribution in [1.29, 1.82) is 0 Å². The van der Waals surface area contributed by atoms with E-state index in [0.717, 1.165) is 19.4 Å². The van der Waals surface area contributed by atoms with Crippen molar-refractivity contribution < 1.29 is 9.90 Å². The molecule has 0 aliphatic carbocycles. The summed E-state index contributed by atoms with van der Waals surface area (Å²) >= 11 is 0. The molecule has 0 fully saturated rings. The van der Waals surface area contributed by atoms with Crippen LogP contribution in [-0.2, 0) is 4.79 Å². The highest BCUT2D eigenvalue weighted by molar-refractivity contribution is 5.69. The number of nitrogens with one attached hydrogen (secondary N) is 1. The zero-order chi connectivity index (χ0) is 7.98. The van der Waals surface area contributed by atoms with Crippen molar-refractivity contribution >= 4 is 5.97 Å². The maximum absolute atomic E-state index is 10.3. The summed E-state index contributed by atoms with van der Waals surface area (Å²) in [5, 5.41) is 11.4. The van der Waals surface area contributed by atoms with Gasteiger partial charge in [0.1, 0.15) is 0 Å². The van der Waals surface area contributed by atoms with Crippen molar-refractivity contribution in [3.8, 4) is 0 Å². The number of rotatable bonds is 5. The standard InChI is InChI=1S/C7H15NO2/c1-6(7(9)10)4-3-5-8-2/h6,8H,3-5H2,1-2H3,(H,9,10)/t6-/m1/s1. The average molecular weight is 145 g/mol. The number of hydrogen-bond acceptors (Lipinski definition) is 2. The molecular formula is C7H15NO2. The van der Waals surface area contributed by atoms with Gasteiger partial charge in [0.25, 0.3) is 0 Å². The second-order valence-electron chi connectivity index (χ2n) is 2.49. The van der Waals surface area contributed by atoms with Gasteiger partial charge in [-0.2, -0.15) is 0 Å². The quantitative estimate of drug-likeness (QED) is 0.560. The monoisotopic (exact) mass is 145 g/mol. The molecule has 0 aromatic heterocycles. The second kappa shape index (κ2) is 5.23. The summed E-state index contributed by atoms with van der Waals surface area (Å²) in [7, 11) is 1.87. The van der Waals surface area contributed by atoms with Gasteiger partial charge in [-0.05, 0) is 26.4 Å². The van der Waals surface area contributed by atoms with Gasteiger partial charge in [0.2, 0.25) is 0 Å². The van der Waals surface area contributed by atoms with Crippen molar-refractivity contribution in [3.05, 3.63) is 0 Å². The summed E-state index contributed by atoms with van der Waals surface area (Å²) in [5.74, 6) is -0.899. The molecule has 0 rings (SSSR count). The minimum Gasteiger partial charge on any atom is -0.481 e. The Morgan fingerprint density at radius 1 is 1.70 bits per heavy atom. The van der Waals surface area contributed by atoms with Crippen LogP contribution in [0.2, 0.25) is 0 Å². The maximum atomic E-state index is 10.3. The maximum Gasteiger partial charge on any atom is 0.306 e. The van der Waals surface area contributed by atoms with E-state index in [1.54, 1.807) is 6.92 Å². The van der Waals surface area contributed by atoms with Crippen LogP contribution in [-0.4, -0.2) is 24.7 Å². The first-order chi connectivity index (χ1) is 4.68. The topological polar surface area (TPSA) is 49.3 Å². The van der Waals surface area contributed by atoms with E-state index in [1.165, 1.54) is 0 Å². The van der Waals surface area contributed by atoms with E-state index >= 15 is 0 Å². The van der Waals surface area contributed by atoms with Crippen LogP contribution in [0.3, 0.4) is 0 Å². The van der Waals surface area contributed by atoms with Crippen LogP contribution in [0.1, 0.15) is 19.8 Å². The second-order valence-corrected chi connectivity index (χ2v) is 2.49. The van der Waals surface area contributed by atoms with Crippen molar-refractivity contribution in [2.75, 3.05) is 13.6 Å². The Balaban J connectivity index is 3.21. The predicted octanol–water partition coefficient (Wildman–Crippen LogP) is 0.707. The van der Waals surface area contributed by atoms with Crippen molar-refractivity contribution in [2.45, 2.75) is 19.8 Å². The molecule has 0 bridgehead atoms. The highest BCUT2D eigenvalue weighted by atomic mass is 16.4. The number of hydrogen-bond donors (Lipinski definition) is 2. The average Bonchev–Trinajstić information content (AvgIpc) is 1.88. The summed E-state index contributed by atoms with van der Waals surface area (Å²) < 4.78 is 0. The Morgan fingerprint density at radius 3 is 2.70 bits per heavy atom. The van der Waals surface area contributed by atoms with Crippen molar-refractivity contribution in [3.63, 3.8) is 0 Å². The highest BCUT2D eigenvalue weighted by Gasteiger charge is 2.08. The molecule has 0 aliphatic rings. The van der Waals surface area contributed by atoms with Crippen LogP contribution in [0.5, 0.6) is 0 Å². The smallest absolute Gasteiger partial charge is 0.306 e. The van der Waals surface area contributed by atoms with E-state index in [1.807, 2.05) is 7.05 Å². The van der Waals surface area contributed by atoms with Crippen LogP contribution < -0.4 is 5.32 Å². The molecule has 2 N–H and O–H groups in total. The summed E-state index contributed by atoms with van der Waals surface area (Å²) in [6.45, 7) is 2.63. The van der Waals surface area contributed by atoms with E-state index in [0.29, 0.717) is 0 Å². The number of aliphatic carboxylic acids is 1. The predicted molar refractivity (Wildman–Crippen MR) is 40.0 cm³/mol. The molecule has 3 nitrogen and oxygen atoms in total. The molecular weight excluding hydrogens is 130 g/mol. The third-order valence-electron chi connectivity index (χ3n) is 1.49. The Labute approximate surface area is 61.4 Å². The Morgan fingerprint density at radius 2 is 2.30 bits per heavy atom. The minimum atomic E-state index is -0.698. The highest BCUT2D eigenvalue weighted by Crippen LogP contribution is 2.03. The molecule has 0 saturated heterocycles. The fraction of sp³-hybridized carbons (Fsp3) is 0.857. The van der Waals surface area contributed by atoms with E-state index in [-0.39, 0.29) is 5.92 Å². The van der Waals surface area contributed by atoms with Crippen molar-refractivity contribution in [1.82, 2.24) is 5.32 Å². The Kier molecular flexibility index (Phi) is 4.94. The van der Waals surface area contributed by atoms with Crippen LogP contribution >= 0.6 is 0 Å². The SMILES string of the molecule is CNCCC[C@@H](C)C(=O)O. The molecule has 0 unspecified atom stereocenters. The first kappa shape index (κ1) is 9.43. The third kappa shape index (κ3) is 4.32. The van der Waals surface area contributed by atoms with Gasteiger partial charge in [-0.3, -0.25) is 4.79 Å². The molecule has 0 aliphatic heterocycles. The molecule has 0 saturated carbocycles. The normalized spacial score (nSPS) is 13.0. The van der Waals surface area contributed by atoms with Gasteiger partial charge < -0.3 is 10.4 Å². The molecule has 10 heavy (non-hydrogen) atoms. The molecule has 0 spiro atoms. The van der Waals surface area contributed by atoms with Crippen LogP contribution in [0.25, 0.3) is 0 Å². The number of carbonyl (C=O) groups is 1. The molecule has 0 heterocycles. The molecule has 60 valence electrons. The Bertz CT molecular complexity index is 104. The fourth-order valence-electron chi connectivity index (χ4n) is 0.709.